The predicted molar refractivity (Wildman–Crippen MR) is 132 cm³/mol. The highest BCUT2D eigenvalue weighted by atomic mass is 16.4. The Hall–Kier alpha value is -4.26. The largest absolute Gasteiger partial charge is 0.477 e. The monoisotopic (exact) mass is 439 g/mol. The summed E-state index contributed by atoms with van der Waals surface area (Å²) in [6, 6.07) is 24.0. The van der Waals surface area contributed by atoms with Crippen LogP contribution in [0.5, 0.6) is 0 Å². The van der Waals surface area contributed by atoms with Gasteiger partial charge in [-0.3, -0.25) is 5.41 Å². The van der Waals surface area contributed by atoms with Gasteiger partial charge in [-0.05, 0) is 34.9 Å². The summed E-state index contributed by atoms with van der Waals surface area (Å²) in [6.45, 7) is 2.12. The molecule has 3 aromatic carbocycles. The molecule has 0 spiro atoms. The number of hydrogen-bond acceptors (Lipinski definition) is 6. The number of hydrogen-bond donors (Lipinski definition) is 3. The number of carboxylic acids is 1. The quantitative estimate of drug-likeness (QED) is 0.359. The second-order valence-electron chi connectivity index (χ2n) is 8.02. The molecule has 1 heterocycles. The lowest BCUT2D eigenvalue weighted by Crippen LogP contribution is -2.23. The van der Waals surface area contributed by atoms with Crippen molar-refractivity contribution in [2.75, 3.05) is 17.7 Å². The lowest BCUT2D eigenvalue weighted by molar-refractivity contribution is -0.129. The molecule has 7 heteroatoms. The highest BCUT2D eigenvalue weighted by Crippen LogP contribution is 2.29. The van der Waals surface area contributed by atoms with Gasteiger partial charge >= 0.3 is 5.97 Å². The first-order valence-electron chi connectivity index (χ1n) is 10.6. The first-order valence-corrected chi connectivity index (χ1v) is 10.6. The number of carbonyl (C=O) groups is 1. The smallest absolute Gasteiger partial charge is 0.349 e. The van der Waals surface area contributed by atoms with Crippen LogP contribution < -0.4 is 10.6 Å². The average Bonchev–Trinajstić information content (AvgIpc) is 2.82. The maximum Gasteiger partial charge on any atom is 0.349 e. The topological polar surface area (TPSA) is 116 Å². The van der Waals surface area contributed by atoms with Gasteiger partial charge in [0.25, 0.3) is 0 Å². The Balaban J connectivity index is 1.59. The Morgan fingerprint density at radius 1 is 1.03 bits per heavy atom. The van der Waals surface area contributed by atoms with Crippen molar-refractivity contribution < 1.29 is 9.90 Å². The van der Waals surface area contributed by atoms with E-state index in [1.807, 2.05) is 37.4 Å². The van der Waals surface area contributed by atoms with Crippen molar-refractivity contribution in [3.63, 3.8) is 0 Å². The fourth-order valence-electron chi connectivity index (χ4n) is 3.74. The molecule has 0 saturated heterocycles. The first kappa shape index (κ1) is 22.0. The first-order chi connectivity index (χ1) is 15.8. The van der Waals surface area contributed by atoms with Gasteiger partial charge in [-0.25, -0.2) is 9.78 Å². The number of rotatable bonds is 7. The highest BCUT2D eigenvalue weighted by molar-refractivity contribution is 6.34. The molecular formula is C26H25N5O2. The SMILES string of the molecule is C[C@H](c1ccc2ccccc2c1)N(C)c1cc(-c2ccc(CC(=N)C(=O)O)cc2)nc(N)n1. The van der Waals surface area contributed by atoms with Gasteiger partial charge in [0.2, 0.25) is 5.95 Å². The Labute approximate surface area is 192 Å². The second-order valence-corrected chi connectivity index (χ2v) is 8.02. The van der Waals surface area contributed by atoms with Crippen molar-refractivity contribution in [2.24, 2.45) is 0 Å². The highest BCUT2D eigenvalue weighted by Gasteiger charge is 2.16. The Morgan fingerprint density at radius 3 is 2.42 bits per heavy atom. The fraction of sp³-hybridized carbons (Fsp3) is 0.154. The van der Waals surface area contributed by atoms with Gasteiger partial charge in [0.15, 0.2) is 0 Å². The number of nitrogens with two attached hydrogens (primary N) is 1. The van der Waals surface area contributed by atoms with E-state index in [0.29, 0.717) is 11.5 Å². The van der Waals surface area contributed by atoms with Gasteiger partial charge in [-0.15, -0.1) is 0 Å². The van der Waals surface area contributed by atoms with E-state index in [2.05, 4.69) is 52.1 Å². The zero-order valence-electron chi connectivity index (χ0n) is 18.5. The number of nitrogen functional groups attached to an aromatic ring is 1. The minimum atomic E-state index is -1.21. The minimum Gasteiger partial charge on any atom is -0.477 e. The van der Waals surface area contributed by atoms with Crippen LogP contribution in [0.1, 0.15) is 24.1 Å². The van der Waals surface area contributed by atoms with Crippen LogP contribution >= 0.6 is 0 Å². The molecule has 1 atom stereocenters. The maximum atomic E-state index is 10.9. The Morgan fingerprint density at radius 2 is 1.73 bits per heavy atom. The minimum absolute atomic E-state index is 0.0566. The van der Waals surface area contributed by atoms with E-state index in [-0.39, 0.29) is 24.1 Å². The number of carboxylic acid groups (broad SMARTS) is 1. The van der Waals surface area contributed by atoms with E-state index in [1.165, 1.54) is 16.3 Å². The third-order valence-electron chi connectivity index (χ3n) is 5.82. The lowest BCUT2D eigenvalue weighted by Gasteiger charge is -2.27. The number of benzene rings is 3. The van der Waals surface area contributed by atoms with Crippen LogP contribution in [0.3, 0.4) is 0 Å². The standard InChI is InChI=1S/C26H25N5O2/c1-16(20-12-11-18-5-3-4-6-21(18)14-20)31(2)24-15-23(29-26(28)30-24)19-9-7-17(8-10-19)13-22(27)25(32)33/h3-12,14-16,27H,13H2,1-2H3,(H,32,33)(H2,28,29,30)/t16-/m1/s1. The number of anilines is 2. The van der Waals surface area contributed by atoms with Crippen molar-refractivity contribution in [2.45, 2.75) is 19.4 Å². The molecule has 33 heavy (non-hydrogen) atoms. The van der Waals surface area contributed by atoms with E-state index in [0.717, 1.165) is 11.1 Å². The molecule has 0 fully saturated rings. The summed E-state index contributed by atoms with van der Waals surface area (Å²) in [4.78, 5) is 21.8. The van der Waals surface area contributed by atoms with E-state index < -0.39 is 5.97 Å². The van der Waals surface area contributed by atoms with Crippen molar-refractivity contribution in [1.82, 2.24) is 9.97 Å². The predicted octanol–water partition coefficient (Wildman–Crippen LogP) is 4.72. The van der Waals surface area contributed by atoms with Crippen molar-refractivity contribution in [1.29, 1.82) is 5.41 Å². The van der Waals surface area contributed by atoms with E-state index in [4.69, 9.17) is 16.2 Å². The molecule has 0 unspecified atom stereocenters. The van der Waals surface area contributed by atoms with Crippen LogP contribution in [0.15, 0.2) is 72.8 Å². The van der Waals surface area contributed by atoms with Gasteiger partial charge in [0.05, 0.1) is 11.7 Å². The van der Waals surface area contributed by atoms with Crippen molar-refractivity contribution in [3.8, 4) is 11.3 Å². The zero-order valence-corrected chi connectivity index (χ0v) is 18.5. The maximum absolute atomic E-state index is 10.9. The third-order valence-corrected chi connectivity index (χ3v) is 5.82. The number of aromatic nitrogens is 2. The molecule has 0 bridgehead atoms. The summed E-state index contributed by atoms with van der Waals surface area (Å²) in [5.41, 5.74) is 9.11. The molecule has 4 aromatic rings. The molecule has 166 valence electrons. The van der Waals surface area contributed by atoms with Crippen LogP contribution in [0.2, 0.25) is 0 Å². The Kier molecular flexibility index (Phi) is 6.04. The van der Waals surface area contributed by atoms with Gasteiger partial charge in [-0.2, -0.15) is 4.98 Å². The van der Waals surface area contributed by atoms with E-state index >= 15 is 0 Å². The number of aliphatic carboxylic acids is 1. The van der Waals surface area contributed by atoms with Crippen molar-refractivity contribution in [3.05, 3.63) is 83.9 Å². The fourth-order valence-corrected chi connectivity index (χ4v) is 3.74. The van der Waals surface area contributed by atoms with Crippen LogP contribution in [-0.4, -0.2) is 33.8 Å². The average molecular weight is 440 g/mol. The van der Waals surface area contributed by atoms with Crippen LogP contribution in [0.25, 0.3) is 22.0 Å². The molecule has 0 amide bonds. The summed E-state index contributed by atoms with van der Waals surface area (Å²) in [5, 5.41) is 18.8. The summed E-state index contributed by atoms with van der Waals surface area (Å²) in [7, 11) is 1.98. The normalized spacial score (nSPS) is 11.8. The summed E-state index contributed by atoms with van der Waals surface area (Å²) < 4.78 is 0. The second kappa shape index (κ2) is 9.08. The van der Waals surface area contributed by atoms with Gasteiger partial charge in [0.1, 0.15) is 11.5 Å². The summed E-state index contributed by atoms with van der Waals surface area (Å²) in [6.07, 6.45) is 0.0682. The lowest BCUT2D eigenvalue weighted by atomic mass is 10.0. The van der Waals surface area contributed by atoms with Crippen LogP contribution in [0.4, 0.5) is 11.8 Å². The third kappa shape index (κ3) is 4.82. The van der Waals surface area contributed by atoms with Gasteiger partial charge in [0, 0.05) is 25.1 Å². The van der Waals surface area contributed by atoms with Crippen LogP contribution in [0, 0.1) is 5.41 Å². The Bertz CT molecular complexity index is 1330. The molecule has 0 radical (unpaired) electrons. The molecule has 4 N–H and O–H groups in total. The molecule has 0 aliphatic heterocycles. The van der Waals surface area contributed by atoms with Gasteiger partial charge < -0.3 is 15.7 Å². The van der Waals surface area contributed by atoms with Crippen molar-refractivity contribution >= 4 is 34.2 Å². The molecular weight excluding hydrogens is 414 g/mol. The summed E-state index contributed by atoms with van der Waals surface area (Å²) >= 11 is 0. The molecule has 0 saturated carbocycles. The molecule has 7 nitrogen and oxygen atoms in total. The number of fused-ring (bicyclic) bond motifs is 1. The van der Waals surface area contributed by atoms with Gasteiger partial charge in [-0.1, -0.05) is 60.7 Å². The van der Waals surface area contributed by atoms with E-state index in [9.17, 15) is 4.79 Å². The summed E-state index contributed by atoms with van der Waals surface area (Å²) in [5.74, 6) is -0.331. The molecule has 1 aromatic heterocycles. The van der Waals surface area contributed by atoms with Crippen LogP contribution in [-0.2, 0) is 11.2 Å². The zero-order chi connectivity index (χ0) is 23.5. The number of nitrogens with zero attached hydrogens (tertiary/aromatic N) is 3. The molecule has 0 aliphatic rings. The molecule has 0 aliphatic carbocycles. The molecule has 4 rings (SSSR count). The number of nitrogens with one attached hydrogen (secondary N) is 1. The van der Waals surface area contributed by atoms with E-state index in [1.54, 1.807) is 12.1 Å².